The van der Waals surface area contributed by atoms with Crippen LogP contribution in [0.5, 0.6) is 0 Å². The first-order valence-corrected chi connectivity index (χ1v) is 6.25. The normalized spacial score (nSPS) is 12.6. The summed E-state index contributed by atoms with van der Waals surface area (Å²) in [7, 11) is 1.81. The van der Waals surface area contributed by atoms with Gasteiger partial charge in [-0.15, -0.1) is 0 Å². The smallest absolute Gasteiger partial charge is 0.242 e. The molecule has 1 aromatic rings. The van der Waals surface area contributed by atoms with Crippen molar-refractivity contribution in [1.29, 1.82) is 0 Å². The maximum atomic E-state index is 11.8. The van der Waals surface area contributed by atoms with E-state index in [1.165, 1.54) is 0 Å². The van der Waals surface area contributed by atoms with E-state index in [1.54, 1.807) is 11.6 Å². The first-order valence-electron chi connectivity index (χ1n) is 6.25. The molecule has 0 saturated carbocycles. The van der Waals surface area contributed by atoms with Crippen LogP contribution in [0.4, 0.5) is 11.5 Å². The molecule has 1 aromatic heterocycles. The number of aromatic nitrogens is 2. The van der Waals surface area contributed by atoms with Gasteiger partial charge in [0, 0.05) is 13.1 Å². The molecule has 0 bridgehead atoms. The Morgan fingerprint density at radius 1 is 1.44 bits per heavy atom. The number of anilines is 2. The topological polar surface area (TPSA) is 85.0 Å². The van der Waals surface area contributed by atoms with E-state index in [4.69, 9.17) is 5.73 Å². The van der Waals surface area contributed by atoms with Crippen molar-refractivity contribution in [2.24, 2.45) is 7.05 Å². The van der Waals surface area contributed by atoms with Crippen LogP contribution in [0.25, 0.3) is 0 Å². The van der Waals surface area contributed by atoms with E-state index in [0.29, 0.717) is 11.5 Å². The fourth-order valence-corrected chi connectivity index (χ4v) is 1.71. The summed E-state index contributed by atoms with van der Waals surface area (Å²) in [6.07, 6.45) is 0.772. The van der Waals surface area contributed by atoms with Crippen LogP contribution in [-0.2, 0) is 18.3 Å². The van der Waals surface area contributed by atoms with Crippen LogP contribution in [0.1, 0.15) is 33.4 Å². The molecule has 0 spiro atoms. The van der Waals surface area contributed by atoms with Crippen LogP contribution in [0.3, 0.4) is 0 Å². The third-order valence-corrected chi connectivity index (χ3v) is 2.67. The number of nitrogens with one attached hydrogen (secondary N) is 2. The number of aryl methyl sites for hydroxylation is 2. The number of nitrogens with two attached hydrogens (primary N) is 1. The number of nitrogens with zero attached hydrogens (tertiary/aromatic N) is 2. The van der Waals surface area contributed by atoms with E-state index in [0.717, 1.165) is 12.1 Å². The summed E-state index contributed by atoms with van der Waals surface area (Å²) < 4.78 is 1.67. The van der Waals surface area contributed by atoms with Crippen LogP contribution in [0.2, 0.25) is 0 Å². The number of amides is 1. The first kappa shape index (κ1) is 14.3. The maximum absolute atomic E-state index is 11.8. The number of carbonyl (C=O) groups excluding carboxylic acids is 1. The van der Waals surface area contributed by atoms with Gasteiger partial charge in [-0.05, 0) is 27.2 Å². The molecule has 0 fully saturated rings. The Morgan fingerprint density at radius 2 is 2.06 bits per heavy atom. The molecule has 0 aromatic carbocycles. The molecule has 1 unspecified atom stereocenters. The second-order valence-corrected chi connectivity index (χ2v) is 4.72. The number of rotatable bonds is 5. The molecule has 6 heteroatoms. The van der Waals surface area contributed by atoms with E-state index in [2.05, 4.69) is 15.7 Å². The monoisotopic (exact) mass is 253 g/mol. The predicted octanol–water partition coefficient (Wildman–Crippen LogP) is 0.890. The molecular weight excluding hydrogens is 230 g/mol. The second-order valence-electron chi connectivity index (χ2n) is 4.72. The summed E-state index contributed by atoms with van der Waals surface area (Å²) in [5, 5.41) is 10.3. The fraction of sp³-hybridized carbons (Fsp3) is 0.667. The van der Waals surface area contributed by atoms with Gasteiger partial charge in [0.1, 0.15) is 11.9 Å². The van der Waals surface area contributed by atoms with Gasteiger partial charge in [0.05, 0.1) is 11.4 Å². The summed E-state index contributed by atoms with van der Waals surface area (Å²) >= 11 is 0. The fourth-order valence-electron chi connectivity index (χ4n) is 1.71. The molecule has 0 aliphatic rings. The third-order valence-electron chi connectivity index (χ3n) is 2.67. The summed E-state index contributed by atoms with van der Waals surface area (Å²) in [6, 6.07) is -0.230. The average molecular weight is 253 g/mol. The van der Waals surface area contributed by atoms with Crippen molar-refractivity contribution in [2.45, 2.75) is 46.2 Å². The number of hydrogen-bond donors (Lipinski definition) is 3. The van der Waals surface area contributed by atoms with Crippen LogP contribution in [0, 0.1) is 0 Å². The van der Waals surface area contributed by atoms with Crippen molar-refractivity contribution < 1.29 is 4.79 Å². The van der Waals surface area contributed by atoms with Gasteiger partial charge in [-0.3, -0.25) is 9.48 Å². The maximum Gasteiger partial charge on any atom is 0.242 e. The molecule has 4 N–H and O–H groups in total. The minimum absolute atomic E-state index is 0.0522. The van der Waals surface area contributed by atoms with Crippen molar-refractivity contribution in [2.75, 3.05) is 11.1 Å². The largest absolute Gasteiger partial charge is 0.394 e. The highest BCUT2D eigenvalue weighted by molar-refractivity contribution is 5.85. The second kappa shape index (κ2) is 5.75. The van der Waals surface area contributed by atoms with E-state index in [1.807, 2.05) is 27.8 Å². The van der Waals surface area contributed by atoms with Crippen molar-refractivity contribution in [3.8, 4) is 0 Å². The summed E-state index contributed by atoms with van der Waals surface area (Å²) in [5.74, 6) is 0.641. The van der Waals surface area contributed by atoms with Crippen molar-refractivity contribution in [3.05, 3.63) is 5.69 Å². The lowest BCUT2D eigenvalue weighted by molar-refractivity contribution is -0.122. The predicted molar refractivity (Wildman–Crippen MR) is 73.4 cm³/mol. The molecule has 0 aliphatic carbocycles. The van der Waals surface area contributed by atoms with Crippen molar-refractivity contribution in [3.63, 3.8) is 0 Å². The van der Waals surface area contributed by atoms with Crippen LogP contribution < -0.4 is 16.4 Å². The Bertz CT molecular complexity index is 424. The van der Waals surface area contributed by atoms with E-state index in [9.17, 15) is 4.79 Å². The van der Waals surface area contributed by atoms with E-state index >= 15 is 0 Å². The minimum atomic E-state index is -0.352. The standard InChI is InChI=1S/C12H23N5O/c1-6-9-10(13)11(17(5)16-9)15-8(4)12(18)14-7(2)3/h7-8,15H,6,13H2,1-5H3,(H,14,18). The average Bonchev–Trinajstić information content (AvgIpc) is 2.55. The highest BCUT2D eigenvalue weighted by atomic mass is 16.2. The highest BCUT2D eigenvalue weighted by Crippen LogP contribution is 2.22. The van der Waals surface area contributed by atoms with Gasteiger partial charge >= 0.3 is 0 Å². The van der Waals surface area contributed by atoms with Crippen molar-refractivity contribution >= 4 is 17.4 Å². The summed E-state index contributed by atoms with van der Waals surface area (Å²) in [6.45, 7) is 7.66. The quantitative estimate of drug-likeness (QED) is 0.727. The van der Waals surface area contributed by atoms with Gasteiger partial charge in [0.2, 0.25) is 5.91 Å². The molecule has 6 nitrogen and oxygen atoms in total. The van der Waals surface area contributed by atoms with Crippen LogP contribution in [0.15, 0.2) is 0 Å². The lowest BCUT2D eigenvalue weighted by atomic mass is 10.2. The Kier molecular flexibility index (Phi) is 4.58. The number of hydrogen-bond acceptors (Lipinski definition) is 4. The Morgan fingerprint density at radius 3 is 2.50 bits per heavy atom. The SMILES string of the molecule is CCc1nn(C)c(NC(C)C(=O)NC(C)C)c1N. The lowest BCUT2D eigenvalue weighted by Gasteiger charge is -2.17. The Labute approximate surface area is 108 Å². The molecule has 0 saturated heterocycles. The van der Waals surface area contributed by atoms with E-state index in [-0.39, 0.29) is 18.0 Å². The molecule has 0 radical (unpaired) electrons. The lowest BCUT2D eigenvalue weighted by Crippen LogP contribution is -2.41. The van der Waals surface area contributed by atoms with Crippen LogP contribution in [-0.4, -0.2) is 27.8 Å². The molecule has 102 valence electrons. The van der Waals surface area contributed by atoms with E-state index < -0.39 is 0 Å². The Balaban J connectivity index is 2.78. The number of carbonyl (C=O) groups is 1. The zero-order chi connectivity index (χ0) is 13.9. The first-order chi connectivity index (χ1) is 8.36. The van der Waals surface area contributed by atoms with Gasteiger partial charge in [0.15, 0.2) is 0 Å². The van der Waals surface area contributed by atoms with Gasteiger partial charge in [-0.25, -0.2) is 0 Å². The Hall–Kier alpha value is -1.72. The zero-order valence-electron chi connectivity index (χ0n) is 11.7. The van der Waals surface area contributed by atoms with Crippen LogP contribution >= 0.6 is 0 Å². The minimum Gasteiger partial charge on any atom is -0.394 e. The van der Waals surface area contributed by atoms with Gasteiger partial charge in [0.25, 0.3) is 0 Å². The molecule has 1 heterocycles. The van der Waals surface area contributed by atoms with Gasteiger partial charge in [-0.1, -0.05) is 6.92 Å². The summed E-state index contributed by atoms with van der Waals surface area (Å²) in [4.78, 5) is 11.8. The van der Waals surface area contributed by atoms with Gasteiger partial charge in [-0.2, -0.15) is 5.10 Å². The molecule has 1 atom stereocenters. The zero-order valence-corrected chi connectivity index (χ0v) is 11.7. The molecule has 0 aliphatic heterocycles. The molecular formula is C12H23N5O. The van der Waals surface area contributed by atoms with Crippen molar-refractivity contribution in [1.82, 2.24) is 15.1 Å². The summed E-state index contributed by atoms with van der Waals surface area (Å²) in [5.41, 5.74) is 7.45. The number of nitrogen functional groups attached to an aromatic ring is 1. The highest BCUT2D eigenvalue weighted by Gasteiger charge is 2.18. The molecule has 1 amide bonds. The third kappa shape index (κ3) is 3.15. The van der Waals surface area contributed by atoms with Gasteiger partial charge < -0.3 is 16.4 Å². The molecule has 18 heavy (non-hydrogen) atoms. The molecule has 1 rings (SSSR count).